The highest BCUT2D eigenvalue weighted by molar-refractivity contribution is 5.28. The third-order valence-corrected chi connectivity index (χ3v) is 1.04. The van der Waals surface area contributed by atoms with Gasteiger partial charge in [0, 0.05) is 6.20 Å². The standard InChI is InChI=1S/C5H4N2O/c1-2-8-5-3-6-4-7(1)5/h1-4H. The van der Waals surface area contributed by atoms with Gasteiger partial charge in [-0.1, -0.05) is 0 Å². The van der Waals surface area contributed by atoms with Crippen molar-refractivity contribution in [3.63, 3.8) is 0 Å². The van der Waals surface area contributed by atoms with E-state index in [1.54, 1.807) is 23.2 Å². The molecule has 8 heavy (non-hydrogen) atoms. The minimum Gasteiger partial charge on any atom is -0.445 e. The molecule has 0 N–H and O–H groups in total. The molecule has 0 spiro atoms. The average Bonchev–Trinajstić information content (AvgIpc) is 2.15. The molecule has 0 amide bonds. The molecule has 0 aliphatic carbocycles. The molecule has 0 aliphatic rings. The van der Waals surface area contributed by atoms with Crippen molar-refractivity contribution in [1.82, 2.24) is 9.38 Å². The molecule has 0 radical (unpaired) electrons. The molecule has 2 heterocycles. The number of imidazole rings is 1. The van der Waals surface area contributed by atoms with Gasteiger partial charge in [0.1, 0.15) is 12.6 Å². The lowest BCUT2D eigenvalue weighted by Gasteiger charge is -1.69. The van der Waals surface area contributed by atoms with Crippen molar-refractivity contribution in [2.24, 2.45) is 0 Å². The van der Waals surface area contributed by atoms with E-state index in [1.807, 2.05) is 6.20 Å². The summed E-state index contributed by atoms with van der Waals surface area (Å²) in [5.74, 6) is 0. The summed E-state index contributed by atoms with van der Waals surface area (Å²) in [5.41, 5.74) is 0.782. The number of nitrogens with zero attached hydrogens (tertiary/aromatic N) is 2. The van der Waals surface area contributed by atoms with Gasteiger partial charge in [-0.05, 0) is 0 Å². The summed E-state index contributed by atoms with van der Waals surface area (Å²) in [4.78, 5) is 3.83. The molecule has 0 saturated heterocycles. The highest BCUT2D eigenvalue weighted by atomic mass is 16.3. The van der Waals surface area contributed by atoms with Crippen LogP contribution in [0.1, 0.15) is 0 Å². The van der Waals surface area contributed by atoms with Gasteiger partial charge in [0.05, 0.1) is 6.20 Å². The van der Waals surface area contributed by atoms with Crippen LogP contribution in [-0.4, -0.2) is 9.38 Å². The second kappa shape index (κ2) is 1.12. The zero-order valence-electron chi connectivity index (χ0n) is 4.11. The summed E-state index contributed by atoms with van der Waals surface area (Å²) in [6, 6.07) is 0. The molecule has 2 aromatic heterocycles. The zero-order valence-corrected chi connectivity index (χ0v) is 4.11. The van der Waals surface area contributed by atoms with E-state index in [2.05, 4.69) is 4.98 Å². The summed E-state index contributed by atoms with van der Waals surface area (Å²) in [7, 11) is 0. The summed E-state index contributed by atoms with van der Waals surface area (Å²) in [6.45, 7) is 0. The Labute approximate surface area is 45.6 Å². The van der Waals surface area contributed by atoms with E-state index < -0.39 is 0 Å². The lowest BCUT2D eigenvalue weighted by molar-refractivity contribution is 0.608. The Balaban J connectivity index is 3.06. The van der Waals surface area contributed by atoms with Crippen LogP contribution in [0.15, 0.2) is 29.4 Å². The van der Waals surface area contributed by atoms with Crippen LogP contribution >= 0.6 is 0 Å². The maximum atomic E-state index is 4.96. The first-order valence-electron chi connectivity index (χ1n) is 2.32. The van der Waals surface area contributed by atoms with Gasteiger partial charge in [-0.2, -0.15) is 0 Å². The van der Waals surface area contributed by atoms with Gasteiger partial charge in [0.25, 0.3) is 0 Å². The molecule has 0 saturated carbocycles. The summed E-state index contributed by atoms with van der Waals surface area (Å²) in [6.07, 6.45) is 6.79. The Bertz CT molecular complexity index is 232. The number of fused-ring (bicyclic) bond motifs is 1. The van der Waals surface area contributed by atoms with Gasteiger partial charge in [-0.25, -0.2) is 4.98 Å². The number of rotatable bonds is 0. The van der Waals surface area contributed by atoms with Crippen LogP contribution in [0.25, 0.3) is 5.71 Å². The molecule has 0 aromatic carbocycles. The van der Waals surface area contributed by atoms with E-state index in [0.29, 0.717) is 0 Å². The van der Waals surface area contributed by atoms with Crippen LogP contribution in [0.5, 0.6) is 0 Å². The molecule has 0 atom stereocenters. The molecule has 3 heteroatoms. The molecule has 0 fully saturated rings. The molecular weight excluding hydrogens is 104 g/mol. The van der Waals surface area contributed by atoms with Crippen LogP contribution in [0.2, 0.25) is 0 Å². The second-order valence-corrected chi connectivity index (χ2v) is 1.54. The van der Waals surface area contributed by atoms with Crippen molar-refractivity contribution < 1.29 is 4.42 Å². The Morgan fingerprint density at radius 3 is 3.50 bits per heavy atom. The Morgan fingerprint density at radius 1 is 1.62 bits per heavy atom. The lowest BCUT2D eigenvalue weighted by atomic mass is 10.9. The minimum absolute atomic E-state index is 0.782. The van der Waals surface area contributed by atoms with Crippen LogP contribution in [-0.2, 0) is 0 Å². The van der Waals surface area contributed by atoms with Crippen LogP contribution in [0.3, 0.4) is 0 Å². The van der Waals surface area contributed by atoms with Gasteiger partial charge in [-0.15, -0.1) is 0 Å². The fourth-order valence-electron chi connectivity index (χ4n) is 0.661. The van der Waals surface area contributed by atoms with Gasteiger partial charge in [0.2, 0.25) is 5.71 Å². The first-order chi connectivity index (χ1) is 3.97. The third-order valence-electron chi connectivity index (χ3n) is 1.04. The van der Waals surface area contributed by atoms with E-state index in [1.165, 1.54) is 0 Å². The third kappa shape index (κ3) is 0.307. The topological polar surface area (TPSA) is 30.4 Å². The van der Waals surface area contributed by atoms with E-state index >= 15 is 0 Å². The van der Waals surface area contributed by atoms with Crippen molar-refractivity contribution in [1.29, 1.82) is 0 Å². The molecule has 0 bridgehead atoms. The predicted octanol–water partition coefficient (Wildman–Crippen LogP) is 0.927. The van der Waals surface area contributed by atoms with Crippen LogP contribution in [0.4, 0.5) is 0 Å². The molecule has 40 valence electrons. The number of oxazole rings is 1. The number of aromatic nitrogens is 2. The average molecular weight is 108 g/mol. The highest BCUT2D eigenvalue weighted by Gasteiger charge is 1.89. The quantitative estimate of drug-likeness (QED) is 0.502. The molecule has 0 aliphatic heterocycles. The van der Waals surface area contributed by atoms with Gasteiger partial charge in [0.15, 0.2) is 0 Å². The molecule has 0 unspecified atom stereocenters. The van der Waals surface area contributed by atoms with Crippen molar-refractivity contribution in [2.75, 3.05) is 0 Å². The number of hydrogen-bond donors (Lipinski definition) is 0. The van der Waals surface area contributed by atoms with Crippen molar-refractivity contribution in [2.45, 2.75) is 0 Å². The summed E-state index contributed by atoms with van der Waals surface area (Å²) in [5, 5.41) is 0. The Morgan fingerprint density at radius 2 is 2.62 bits per heavy atom. The van der Waals surface area contributed by atoms with Crippen molar-refractivity contribution >= 4 is 5.71 Å². The van der Waals surface area contributed by atoms with E-state index in [9.17, 15) is 0 Å². The smallest absolute Gasteiger partial charge is 0.223 e. The fraction of sp³-hybridized carbons (Fsp3) is 0. The largest absolute Gasteiger partial charge is 0.445 e. The maximum Gasteiger partial charge on any atom is 0.223 e. The highest BCUT2D eigenvalue weighted by Crippen LogP contribution is 1.99. The maximum absolute atomic E-state index is 4.96. The predicted molar refractivity (Wildman–Crippen MR) is 27.5 cm³/mol. The summed E-state index contributed by atoms with van der Waals surface area (Å²) < 4.78 is 6.76. The Hall–Kier alpha value is -1.25. The molecule has 2 rings (SSSR count). The minimum atomic E-state index is 0.782. The second-order valence-electron chi connectivity index (χ2n) is 1.54. The van der Waals surface area contributed by atoms with Crippen molar-refractivity contribution in [3.05, 3.63) is 25.0 Å². The van der Waals surface area contributed by atoms with Gasteiger partial charge < -0.3 is 4.42 Å². The van der Waals surface area contributed by atoms with Crippen LogP contribution < -0.4 is 0 Å². The van der Waals surface area contributed by atoms with E-state index in [0.717, 1.165) is 5.71 Å². The monoisotopic (exact) mass is 108 g/mol. The molecule has 2 aromatic rings. The van der Waals surface area contributed by atoms with E-state index in [4.69, 9.17) is 4.42 Å². The van der Waals surface area contributed by atoms with E-state index in [-0.39, 0.29) is 0 Å². The Kier molecular flexibility index (Phi) is 0.521. The number of hydrogen-bond acceptors (Lipinski definition) is 2. The normalized spacial score (nSPS) is 10.5. The molecular formula is C5H4N2O. The van der Waals surface area contributed by atoms with Crippen molar-refractivity contribution in [3.8, 4) is 0 Å². The SMILES string of the molecule is c1cn2cncc2o1. The van der Waals surface area contributed by atoms with Crippen LogP contribution in [0, 0.1) is 0 Å². The van der Waals surface area contributed by atoms with Gasteiger partial charge >= 0.3 is 0 Å². The molecule has 3 nitrogen and oxygen atoms in total. The summed E-state index contributed by atoms with van der Waals surface area (Å²) >= 11 is 0. The fourth-order valence-corrected chi connectivity index (χ4v) is 0.661. The lowest BCUT2D eigenvalue weighted by Crippen LogP contribution is -1.66. The first-order valence-corrected chi connectivity index (χ1v) is 2.32. The van der Waals surface area contributed by atoms with Gasteiger partial charge in [-0.3, -0.25) is 4.40 Å². The zero-order chi connectivity index (χ0) is 5.40. The first kappa shape index (κ1) is 3.72.